The SMILES string of the molecule is Cc1csc(-c2nc(NC3CCC(F)(F)CC3)cc(N3CCOC(COC(C)C)C3)n2)n1. The topological polar surface area (TPSA) is 72.4 Å². The number of rotatable bonds is 7. The van der Waals surface area contributed by atoms with Crippen molar-refractivity contribution < 1.29 is 18.3 Å². The lowest BCUT2D eigenvalue weighted by atomic mass is 9.92. The maximum atomic E-state index is 13.6. The number of ether oxygens (including phenoxy) is 2. The van der Waals surface area contributed by atoms with Crippen molar-refractivity contribution in [2.75, 3.05) is 36.5 Å². The van der Waals surface area contributed by atoms with Gasteiger partial charge in [0.15, 0.2) is 10.8 Å². The molecule has 4 rings (SSSR count). The van der Waals surface area contributed by atoms with Gasteiger partial charge in [0, 0.05) is 49.1 Å². The van der Waals surface area contributed by atoms with Crippen LogP contribution < -0.4 is 10.2 Å². The van der Waals surface area contributed by atoms with Crippen molar-refractivity contribution in [2.24, 2.45) is 0 Å². The molecule has 2 aromatic rings. The van der Waals surface area contributed by atoms with Crippen LogP contribution in [-0.2, 0) is 9.47 Å². The number of nitrogens with one attached hydrogen (secondary N) is 1. The Hall–Kier alpha value is -1.91. The Kier molecular flexibility index (Phi) is 7.21. The summed E-state index contributed by atoms with van der Waals surface area (Å²) in [7, 11) is 0. The first-order valence-electron chi connectivity index (χ1n) is 11.2. The molecular formula is C22H31F2N5O2S. The molecule has 3 heterocycles. The van der Waals surface area contributed by atoms with Crippen LogP contribution in [0.3, 0.4) is 0 Å². The number of thiazole rings is 1. The maximum Gasteiger partial charge on any atom is 0.248 e. The highest BCUT2D eigenvalue weighted by atomic mass is 32.1. The fourth-order valence-electron chi connectivity index (χ4n) is 3.94. The quantitative estimate of drug-likeness (QED) is 0.641. The van der Waals surface area contributed by atoms with Crippen molar-refractivity contribution in [2.45, 2.75) is 70.6 Å². The number of hydrogen-bond acceptors (Lipinski definition) is 8. The van der Waals surface area contributed by atoms with Crippen LogP contribution in [0.4, 0.5) is 20.4 Å². The van der Waals surface area contributed by atoms with Gasteiger partial charge in [-0.05, 0) is 33.6 Å². The minimum Gasteiger partial charge on any atom is -0.376 e. The maximum absolute atomic E-state index is 13.6. The van der Waals surface area contributed by atoms with Gasteiger partial charge in [-0.1, -0.05) is 0 Å². The van der Waals surface area contributed by atoms with E-state index in [1.807, 2.05) is 32.2 Å². The van der Waals surface area contributed by atoms with Crippen LogP contribution in [-0.4, -0.2) is 65.4 Å². The first-order chi connectivity index (χ1) is 15.3. The average Bonchev–Trinajstić information content (AvgIpc) is 3.20. The second-order valence-electron chi connectivity index (χ2n) is 8.82. The van der Waals surface area contributed by atoms with Gasteiger partial charge in [0.05, 0.1) is 25.4 Å². The average molecular weight is 468 g/mol. The molecule has 32 heavy (non-hydrogen) atoms. The molecule has 10 heteroatoms. The second-order valence-corrected chi connectivity index (χ2v) is 9.68. The van der Waals surface area contributed by atoms with Gasteiger partial charge in [0.1, 0.15) is 11.6 Å². The van der Waals surface area contributed by atoms with Gasteiger partial charge in [0.25, 0.3) is 0 Å². The first-order valence-corrected chi connectivity index (χ1v) is 12.1. The highest BCUT2D eigenvalue weighted by molar-refractivity contribution is 7.13. The van der Waals surface area contributed by atoms with Crippen LogP contribution in [0.2, 0.25) is 0 Å². The molecule has 0 spiro atoms. The molecule has 0 aromatic carbocycles. The molecule has 1 unspecified atom stereocenters. The molecule has 1 saturated heterocycles. The van der Waals surface area contributed by atoms with Gasteiger partial charge in [-0.25, -0.2) is 23.7 Å². The first kappa shape index (κ1) is 23.3. The van der Waals surface area contributed by atoms with E-state index in [1.54, 1.807) is 0 Å². The third-order valence-corrected chi connectivity index (χ3v) is 6.63. The third-order valence-electron chi connectivity index (χ3n) is 5.67. The summed E-state index contributed by atoms with van der Waals surface area (Å²) >= 11 is 1.50. The van der Waals surface area contributed by atoms with E-state index in [0.717, 1.165) is 16.5 Å². The Labute approximate surface area is 191 Å². The van der Waals surface area contributed by atoms with Crippen LogP contribution in [0.15, 0.2) is 11.4 Å². The number of aromatic nitrogens is 3. The van der Waals surface area contributed by atoms with Crippen molar-refractivity contribution >= 4 is 23.0 Å². The normalized spacial score (nSPS) is 21.8. The van der Waals surface area contributed by atoms with Crippen molar-refractivity contribution in [1.82, 2.24) is 15.0 Å². The predicted molar refractivity (Wildman–Crippen MR) is 122 cm³/mol. The molecule has 1 atom stereocenters. The Balaban J connectivity index is 1.55. The molecule has 0 radical (unpaired) electrons. The molecular weight excluding hydrogens is 436 g/mol. The van der Waals surface area contributed by atoms with E-state index in [1.165, 1.54) is 11.3 Å². The van der Waals surface area contributed by atoms with Gasteiger partial charge in [0.2, 0.25) is 5.92 Å². The van der Waals surface area contributed by atoms with E-state index >= 15 is 0 Å². The lowest BCUT2D eigenvalue weighted by Crippen LogP contribution is -2.45. The van der Waals surface area contributed by atoms with Crippen LogP contribution in [0.25, 0.3) is 10.8 Å². The summed E-state index contributed by atoms with van der Waals surface area (Å²) in [6.45, 7) is 8.43. The van der Waals surface area contributed by atoms with Gasteiger partial charge in [-0.15, -0.1) is 11.3 Å². The molecule has 2 aromatic heterocycles. The highest BCUT2D eigenvalue weighted by Gasteiger charge is 2.35. The van der Waals surface area contributed by atoms with Gasteiger partial charge >= 0.3 is 0 Å². The summed E-state index contributed by atoms with van der Waals surface area (Å²) in [5, 5.41) is 6.09. The Morgan fingerprint density at radius 1 is 1.28 bits per heavy atom. The molecule has 0 bridgehead atoms. The number of alkyl halides is 2. The van der Waals surface area contributed by atoms with E-state index in [9.17, 15) is 8.78 Å². The lowest BCUT2D eigenvalue weighted by Gasteiger charge is -2.34. The van der Waals surface area contributed by atoms with E-state index in [2.05, 4.69) is 20.2 Å². The number of hydrogen-bond donors (Lipinski definition) is 1. The predicted octanol–water partition coefficient (Wildman–Crippen LogP) is 4.53. The molecule has 0 amide bonds. The molecule has 2 fully saturated rings. The molecule has 176 valence electrons. The van der Waals surface area contributed by atoms with Crippen molar-refractivity contribution in [3.63, 3.8) is 0 Å². The molecule has 1 saturated carbocycles. The van der Waals surface area contributed by atoms with Crippen molar-refractivity contribution in [3.05, 3.63) is 17.1 Å². The molecule has 1 aliphatic heterocycles. The summed E-state index contributed by atoms with van der Waals surface area (Å²) in [5.74, 6) is -0.580. The Morgan fingerprint density at radius 3 is 2.75 bits per heavy atom. The summed E-state index contributed by atoms with van der Waals surface area (Å²) < 4.78 is 38.7. The van der Waals surface area contributed by atoms with E-state index in [-0.39, 0.29) is 31.1 Å². The van der Waals surface area contributed by atoms with Crippen molar-refractivity contribution in [3.8, 4) is 10.8 Å². The Bertz CT molecular complexity index is 900. The molecule has 7 nitrogen and oxygen atoms in total. The zero-order valence-electron chi connectivity index (χ0n) is 18.8. The zero-order valence-corrected chi connectivity index (χ0v) is 19.6. The standard InChI is InChI=1S/C22H31F2N5O2S/c1-14(2)31-12-17-11-29(8-9-30-17)19-10-18(26-16-4-6-22(23,24)7-5-16)27-20(28-19)21-25-15(3)13-32-21/h10,13-14,16-17H,4-9,11-12H2,1-3H3,(H,26,27,28). The highest BCUT2D eigenvalue weighted by Crippen LogP contribution is 2.35. The summed E-state index contributed by atoms with van der Waals surface area (Å²) in [6.07, 6.45) is 0.758. The fraction of sp³-hybridized carbons (Fsp3) is 0.682. The summed E-state index contributed by atoms with van der Waals surface area (Å²) in [4.78, 5) is 16.2. The van der Waals surface area contributed by atoms with Crippen LogP contribution in [0.5, 0.6) is 0 Å². The monoisotopic (exact) mass is 467 g/mol. The van der Waals surface area contributed by atoms with Crippen LogP contribution in [0.1, 0.15) is 45.2 Å². The number of nitrogens with zero attached hydrogens (tertiary/aromatic N) is 4. The van der Waals surface area contributed by atoms with Crippen molar-refractivity contribution in [1.29, 1.82) is 0 Å². The Morgan fingerprint density at radius 2 is 2.06 bits per heavy atom. The number of morpholine rings is 1. The smallest absolute Gasteiger partial charge is 0.248 e. The van der Waals surface area contributed by atoms with Gasteiger partial charge in [-0.2, -0.15) is 0 Å². The molecule has 2 aliphatic rings. The summed E-state index contributed by atoms with van der Waals surface area (Å²) in [5.41, 5.74) is 0.917. The lowest BCUT2D eigenvalue weighted by molar-refractivity contribution is -0.0407. The largest absolute Gasteiger partial charge is 0.376 e. The van der Waals surface area contributed by atoms with Gasteiger partial charge < -0.3 is 19.7 Å². The van der Waals surface area contributed by atoms with E-state index in [4.69, 9.17) is 14.5 Å². The molecule has 1 N–H and O–H groups in total. The minimum atomic E-state index is -2.56. The number of aryl methyl sites for hydroxylation is 1. The van der Waals surface area contributed by atoms with Crippen LogP contribution in [0, 0.1) is 6.92 Å². The van der Waals surface area contributed by atoms with E-state index < -0.39 is 5.92 Å². The molecule has 1 aliphatic carbocycles. The fourth-order valence-corrected chi connectivity index (χ4v) is 4.67. The number of halogens is 2. The van der Waals surface area contributed by atoms with Gasteiger partial charge in [-0.3, -0.25) is 0 Å². The van der Waals surface area contributed by atoms with Crippen LogP contribution >= 0.6 is 11.3 Å². The summed E-state index contributed by atoms with van der Waals surface area (Å²) in [6, 6.07) is 1.88. The third kappa shape index (κ3) is 6.11. The number of anilines is 2. The van der Waals surface area contributed by atoms with E-state index in [0.29, 0.717) is 50.8 Å². The zero-order chi connectivity index (χ0) is 22.7. The minimum absolute atomic E-state index is 0.0277. The second kappa shape index (κ2) is 9.93.